The molecule has 0 aliphatic rings. The molecule has 0 aromatic heterocycles. The maximum Gasteiger partial charge on any atom is 1.00 e. The molecule has 38 heavy (non-hydrogen) atoms. The Labute approximate surface area is 245 Å². The number of hydrogen-bond donors (Lipinski definition) is 0. The van der Waals surface area contributed by atoms with E-state index in [1.165, 1.54) is 38.4 Å². The summed E-state index contributed by atoms with van der Waals surface area (Å²) in [6.45, 7) is 2.11. The van der Waals surface area contributed by atoms with Crippen LogP contribution in [0.2, 0.25) is 0 Å². The third kappa shape index (κ3) is 12.7. The zero-order valence-electron chi connectivity index (χ0n) is 21.2. The van der Waals surface area contributed by atoms with Crippen molar-refractivity contribution in [1.29, 1.82) is 0 Å². The molecule has 0 saturated heterocycles. The van der Waals surface area contributed by atoms with Crippen LogP contribution in [0.1, 0.15) is 5.56 Å². The first-order chi connectivity index (χ1) is 16.8. The van der Waals surface area contributed by atoms with Gasteiger partial charge >= 0.3 is 30.2 Å². The Morgan fingerprint density at radius 3 is 1.55 bits per heavy atom. The van der Waals surface area contributed by atoms with Crippen LogP contribution in [0.25, 0.3) is 0 Å². The number of benzene rings is 3. The van der Waals surface area contributed by atoms with E-state index in [1.807, 2.05) is 12.5 Å². The summed E-state index contributed by atoms with van der Waals surface area (Å²) in [5.41, 5.74) is 1.31. The van der Waals surface area contributed by atoms with Crippen LogP contribution < -0.4 is 23.6 Å². The van der Waals surface area contributed by atoms with Gasteiger partial charge in [-0.15, -0.1) is 11.8 Å². The fourth-order valence-electron chi connectivity index (χ4n) is 2.23. The summed E-state index contributed by atoms with van der Waals surface area (Å²) >= 11 is 5.33. The van der Waals surface area contributed by atoms with Crippen LogP contribution in [0.3, 0.4) is 0 Å². The fourth-order valence-corrected chi connectivity index (χ4v) is 3.79. The van der Waals surface area contributed by atoms with Crippen molar-refractivity contribution in [2.45, 2.75) is 33.0 Å². The first-order valence-electron chi connectivity index (χ1n) is 10.0. The molecule has 0 saturated carbocycles. The van der Waals surface area contributed by atoms with Gasteiger partial charge in [-0.2, -0.15) is 29.3 Å². The summed E-state index contributed by atoms with van der Waals surface area (Å²) < 4.78 is 84.5. The molecule has 0 atom stereocenters. The van der Waals surface area contributed by atoms with Crippen LogP contribution in [0.5, 0.6) is 5.75 Å². The minimum atomic E-state index is -6.54. The van der Waals surface area contributed by atoms with Crippen LogP contribution in [0, 0.1) is 6.92 Å². The summed E-state index contributed by atoms with van der Waals surface area (Å²) in [6, 6.07) is 22.9. The first-order valence-corrected chi connectivity index (χ1v) is 15.1. The van der Waals surface area contributed by atoms with E-state index >= 15 is 0 Å². The molecular weight excluding hydrogens is 582 g/mol. The molecule has 0 N–H and O–H groups in total. The molecule has 0 bridgehead atoms. The quantitative estimate of drug-likeness (QED) is 0.165. The maximum absolute atomic E-state index is 12.8. The van der Waals surface area contributed by atoms with Gasteiger partial charge in [-0.3, -0.25) is 4.70 Å². The summed E-state index contributed by atoms with van der Waals surface area (Å²) in [4.78, 5) is 3.90. The molecule has 0 aliphatic heterocycles. The van der Waals surface area contributed by atoms with Gasteiger partial charge in [-0.25, -0.2) is 8.42 Å². The Morgan fingerprint density at radius 1 is 0.763 bits per heavy atom. The number of hydrogen-bond acceptors (Lipinski definition) is 7. The maximum atomic E-state index is 12.8. The molecule has 0 aliphatic carbocycles. The Balaban J connectivity index is 0. The number of ether oxygens (including phenoxy) is 1. The van der Waals surface area contributed by atoms with Crippen molar-refractivity contribution in [1.82, 2.24) is 0 Å². The van der Waals surface area contributed by atoms with E-state index < -0.39 is 27.2 Å². The number of alkyl halides is 4. The molecule has 14 heteroatoms. The third-order valence-corrected chi connectivity index (χ3v) is 6.58. The van der Waals surface area contributed by atoms with Gasteiger partial charge in [0.2, 0.25) is 0 Å². The van der Waals surface area contributed by atoms with E-state index in [2.05, 4.69) is 66.4 Å². The Bertz CT molecular complexity index is 1150. The molecule has 0 radical (unpaired) electrons. The molecule has 4 nitrogen and oxygen atoms in total. The molecule has 0 fully saturated rings. The van der Waals surface area contributed by atoms with Crippen molar-refractivity contribution < 1.29 is 58.8 Å². The summed E-state index contributed by atoms with van der Waals surface area (Å²) in [7, 11) is -6.54. The van der Waals surface area contributed by atoms with Crippen molar-refractivity contribution in [2.75, 3.05) is 18.8 Å². The van der Waals surface area contributed by atoms with Crippen LogP contribution in [-0.2, 0) is 10.1 Å². The monoisotopic (exact) mass is 608 g/mol. The fraction of sp³-hybridized carbons (Fsp3) is 0.250. The van der Waals surface area contributed by atoms with Crippen LogP contribution in [0.15, 0.2) is 93.5 Å². The molecule has 0 amide bonds. The predicted molar refractivity (Wildman–Crippen MR) is 142 cm³/mol. The second-order valence-electron chi connectivity index (χ2n) is 6.90. The van der Waals surface area contributed by atoms with Crippen molar-refractivity contribution in [3.05, 3.63) is 84.4 Å². The molecule has 206 valence electrons. The van der Waals surface area contributed by atoms with E-state index in [0.29, 0.717) is 0 Å². The minimum Gasteiger partial charge on any atom is -0.743 e. The largest absolute Gasteiger partial charge is 1.00 e. The zero-order valence-corrected chi connectivity index (χ0v) is 24.5. The van der Waals surface area contributed by atoms with E-state index in [1.54, 1.807) is 35.3 Å². The number of aryl methyl sites for hydroxylation is 1. The van der Waals surface area contributed by atoms with E-state index in [4.69, 9.17) is 0 Å². The number of rotatable bonds is 7. The smallest absolute Gasteiger partial charge is 0.743 e. The third-order valence-electron chi connectivity index (χ3n) is 3.96. The van der Waals surface area contributed by atoms with Crippen molar-refractivity contribution in [3.8, 4) is 5.75 Å². The van der Waals surface area contributed by atoms with E-state index in [0.717, 1.165) is 12.1 Å². The Morgan fingerprint density at radius 2 is 1.16 bits per heavy atom. The Kier molecular flexibility index (Phi) is 18.5. The van der Waals surface area contributed by atoms with Crippen molar-refractivity contribution in [3.63, 3.8) is 0 Å². The minimum absolute atomic E-state index is 0. The topological polar surface area (TPSA) is 66.4 Å². The van der Waals surface area contributed by atoms with Crippen LogP contribution in [-0.4, -0.2) is 43.1 Å². The van der Waals surface area contributed by atoms with Gasteiger partial charge in [0, 0.05) is 14.7 Å². The van der Waals surface area contributed by atoms with E-state index in [9.17, 15) is 30.5 Å². The number of para-hydroxylation sites is 1. The summed E-state index contributed by atoms with van der Waals surface area (Å²) in [5.74, 6) is -0.694. The normalized spacial score (nSPS) is 10.9. The predicted octanol–water partition coefficient (Wildman–Crippen LogP) is 4.80. The summed E-state index contributed by atoms with van der Waals surface area (Å²) in [5, 5.41) is -5.85. The van der Waals surface area contributed by atoms with Gasteiger partial charge in [-0.1, -0.05) is 47.7 Å². The van der Waals surface area contributed by atoms with Gasteiger partial charge < -0.3 is 9.29 Å². The zero-order chi connectivity index (χ0) is 27.4. The standard InChI is InChI=1S/C14H14S2.C8H6F4O4S.C2H6S.FH.Li/c1-11-3-5-13(6-4-11)16-14-9-7-12(15-2)8-10-14;9-7(10,8(11,12)17(13,14)15)16-6-4-2-1-3-5-6;1-3-2;;/h3-10H,1-2H3;1-5H,(H,13,14,15);1-2H3;1H;/q;;;;+1/p-1. The SMILES string of the molecule is CSC.CSc1ccc(Sc2ccc(C)cc2)cc1.F.O=S(=O)([O-])C(F)(F)C(F)(F)Oc1ccccc1.[Li+]. The van der Waals surface area contributed by atoms with E-state index in [-0.39, 0.29) is 23.6 Å². The molecule has 3 rings (SSSR count). The van der Waals surface area contributed by atoms with Crippen molar-refractivity contribution in [2.24, 2.45) is 0 Å². The summed E-state index contributed by atoms with van der Waals surface area (Å²) in [6.07, 6.45) is 0.733. The van der Waals surface area contributed by atoms with Crippen LogP contribution in [0.4, 0.5) is 22.3 Å². The molecule has 0 unspecified atom stereocenters. The van der Waals surface area contributed by atoms with Crippen LogP contribution >= 0.6 is 35.3 Å². The molecule has 3 aromatic rings. The van der Waals surface area contributed by atoms with Gasteiger partial charge in [0.25, 0.3) is 0 Å². The van der Waals surface area contributed by atoms with Crippen molar-refractivity contribution >= 4 is 45.4 Å². The average Bonchev–Trinajstić information content (AvgIpc) is 2.81. The second-order valence-corrected chi connectivity index (χ2v) is 11.2. The molecule has 0 spiro atoms. The molecule has 0 heterocycles. The first kappa shape index (κ1) is 38.8. The van der Waals surface area contributed by atoms with Gasteiger partial charge in [0.05, 0.1) is 0 Å². The van der Waals surface area contributed by atoms with Gasteiger partial charge in [0.1, 0.15) is 5.75 Å². The second kappa shape index (κ2) is 18.1. The molecular formula is C24H26F5LiO4S4. The average molecular weight is 609 g/mol. The number of thioether (sulfide) groups is 2. The van der Waals surface area contributed by atoms with Gasteiger partial charge in [0.15, 0.2) is 10.1 Å². The number of halogens is 5. The molecule has 3 aromatic carbocycles. The Hall–Kier alpha value is -1.33. The van der Waals surface area contributed by atoms with Gasteiger partial charge in [-0.05, 0) is 74.2 Å².